The molecule has 2 aromatic rings. The van der Waals surface area contributed by atoms with Crippen molar-refractivity contribution in [1.82, 2.24) is 19.5 Å². The van der Waals surface area contributed by atoms with E-state index in [2.05, 4.69) is 34.3 Å². The zero-order chi connectivity index (χ0) is 18.0. The average Bonchev–Trinajstić information content (AvgIpc) is 3.08. The van der Waals surface area contributed by atoms with E-state index in [0.717, 1.165) is 69.4 Å². The summed E-state index contributed by atoms with van der Waals surface area (Å²) in [7, 11) is 0. The smallest absolute Gasteiger partial charge is 0.154 e. The maximum atomic E-state index is 5.39. The Labute approximate surface area is 156 Å². The van der Waals surface area contributed by atoms with Gasteiger partial charge in [-0.05, 0) is 44.0 Å². The number of aromatic nitrogens is 3. The molecule has 0 bridgehead atoms. The van der Waals surface area contributed by atoms with Gasteiger partial charge in [-0.25, -0.2) is 9.50 Å². The van der Waals surface area contributed by atoms with Crippen molar-refractivity contribution in [3.05, 3.63) is 30.1 Å². The van der Waals surface area contributed by atoms with Gasteiger partial charge in [-0.3, -0.25) is 4.90 Å². The molecule has 0 radical (unpaired) electrons. The molecule has 26 heavy (non-hydrogen) atoms. The Balaban J connectivity index is 1.50. The topological polar surface area (TPSA) is 54.7 Å². The number of hydrogen-bond acceptors (Lipinski definition) is 5. The Hall–Kier alpha value is -1.92. The van der Waals surface area contributed by atoms with Gasteiger partial charge < -0.3 is 10.1 Å². The summed E-state index contributed by atoms with van der Waals surface area (Å²) in [5.74, 6) is 0.901. The van der Waals surface area contributed by atoms with E-state index in [1.165, 1.54) is 19.3 Å². The first-order valence-electron chi connectivity index (χ1n) is 9.92. The Kier molecular flexibility index (Phi) is 7.46. The van der Waals surface area contributed by atoms with Crippen LogP contribution in [-0.4, -0.2) is 58.9 Å². The molecule has 0 unspecified atom stereocenters. The van der Waals surface area contributed by atoms with Gasteiger partial charge in [0.1, 0.15) is 5.82 Å². The molecule has 1 aliphatic rings. The second kappa shape index (κ2) is 10.3. The standard InChI is InChI=1S/C20H31N5O/c1-2-3-4-5-6-8-18-17-22-20-10-9-19(23-25(18)20)21-11-7-12-24-13-15-26-16-14-24/h6,8-10,17H,2-5,7,11-16H2,1H3,(H,21,23). The predicted molar refractivity (Wildman–Crippen MR) is 107 cm³/mol. The maximum absolute atomic E-state index is 5.39. The van der Waals surface area contributed by atoms with E-state index in [-0.39, 0.29) is 0 Å². The number of morpholine rings is 1. The van der Waals surface area contributed by atoms with Crippen molar-refractivity contribution < 1.29 is 4.74 Å². The fourth-order valence-electron chi connectivity index (χ4n) is 3.16. The second-order valence-corrected chi connectivity index (χ2v) is 6.80. The molecule has 0 aromatic carbocycles. The molecule has 1 aliphatic heterocycles. The number of ether oxygens (including phenoxy) is 1. The van der Waals surface area contributed by atoms with Gasteiger partial charge in [-0.1, -0.05) is 25.8 Å². The summed E-state index contributed by atoms with van der Waals surface area (Å²) < 4.78 is 7.30. The monoisotopic (exact) mass is 357 g/mol. The highest BCUT2D eigenvalue weighted by atomic mass is 16.5. The first-order valence-corrected chi connectivity index (χ1v) is 9.92. The van der Waals surface area contributed by atoms with E-state index in [0.29, 0.717) is 0 Å². The van der Waals surface area contributed by atoms with Gasteiger partial charge in [-0.2, -0.15) is 0 Å². The number of unbranched alkanes of at least 4 members (excludes halogenated alkanes) is 3. The summed E-state index contributed by atoms with van der Waals surface area (Å²) in [5.41, 5.74) is 1.92. The maximum Gasteiger partial charge on any atom is 0.154 e. The van der Waals surface area contributed by atoms with Gasteiger partial charge in [0.2, 0.25) is 0 Å². The zero-order valence-corrected chi connectivity index (χ0v) is 15.9. The molecule has 0 amide bonds. The van der Waals surface area contributed by atoms with E-state index < -0.39 is 0 Å². The molecule has 3 heterocycles. The molecule has 0 saturated carbocycles. The zero-order valence-electron chi connectivity index (χ0n) is 15.9. The van der Waals surface area contributed by atoms with Crippen molar-refractivity contribution in [2.45, 2.75) is 39.0 Å². The largest absolute Gasteiger partial charge is 0.379 e. The molecule has 6 nitrogen and oxygen atoms in total. The number of nitrogens with one attached hydrogen (secondary N) is 1. The summed E-state index contributed by atoms with van der Waals surface area (Å²) in [6.45, 7) is 8.08. The predicted octanol–water partition coefficient (Wildman–Crippen LogP) is 3.46. The number of rotatable bonds is 10. The molecular formula is C20H31N5O. The molecule has 142 valence electrons. The fraction of sp³-hybridized carbons (Fsp3) is 0.600. The average molecular weight is 358 g/mol. The lowest BCUT2D eigenvalue weighted by Crippen LogP contribution is -2.37. The number of nitrogens with zero attached hydrogens (tertiary/aromatic N) is 4. The van der Waals surface area contributed by atoms with Crippen LogP contribution in [0.1, 0.15) is 44.7 Å². The first-order chi connectivity index (χ1) is 12.9. The molecule has 1 fully saturated rings. The normalized spacial score (nSPS) is 15.9. The van der Waals surface area contributed by atoms with Crippen molar-refractivity contribution in [1.29, 1.82) is 0 Å². The van der Waals surface area contributed by atoms with E-state index in [1.54, 1.807) is 0 Å². The molecule has 0 aliphatic carbocycles. The highest BCUT2D eigenvalue weighted by Crippen LogP contribution is 2.11. The van der Waals surface area contributed by atoms with Gasteiger partial charge in [0, 0.05) is 19.6 Å². The van der Waals surface area contributed by atoms with Crippen LogP contribution in [-0.2, 0) is 4.74 Å². The molecule has 2 aromatic heterocycles. The molecule has 0 atom stereocenters. The fourth-order valence-corrected chi connectivity index (χ4v) is 3.16. The lowest BCUT2D eigenvalue weighted by atomic mass is 10.2. The van der Waals surface area contributed by atoms with Crippen LogP contribution in [0.5, 0.6) is 0 Å². The van der Waals surface area contributed by atoms with Crippen molar-refractivity contribution in [2.75, 3.05) is 44.7 Å². The Morgan fingerprint density at radius 3 is 2.92 bits per heavy atom. The van der Waals surface area contributed by atoms with Crippen LogP contribution in [0.2, 0.25) is 0 Å². The third-order valence-electron chi connectivity index (χ3n) is 4.71. The van der Waals surface area contributed by atoms with Gasteiger partial charge in [0.25, 0.3) is 0 Å². The molecule has 0 spiro atoms. The van der Waals surface area contributed by atoms with Crippen molar-refractivity contribution in [3.63, 3.8) is 0 Å². The SMILES string of the molecule is CCCCCC=Cc1cnc2ccc(NCCCN3CCOCC3)nn12. The first kappa shape index (κ1) is 18.9. The quantitative estimate of drug-likeness (QED) is 0.660. The number of hydrogen-bond donors (Lipinski definition) is 1. The molecule has 6 heteroatoms. The third kappa shape index (κ3) is 5.54. The van der Waals surface area contributed by atoms with E-state index >= 15 is 0 Å². The Morgan fingerprint density at radius 2 is 2.08 bits per heavy atom. The molecule has 1 N–H and O–H groups in total. The van der Waals surface area contributed by atoms with Gasteiger partial charge in [0.05, 0.1) is 25.1 Å². The number of allylic oxidation sites excluding steroid dienone is 1. The van der Waals surface area contributed by atoms with Crippen LogP contribution in [0.4, 0.5) is 5.82 Å². The van der Waals surface area contributed by atoms with Crippen LogP contribution in [0, 0.1) is 0 Å². The minimum atomic E-state index is 0.862. The van der Waals surface area contributed by atoms with Crippen LogP contribution >= 0.6 is 0 Å². The van der Waals surface area contributed by atoms with Crippen molar-refractivity contribution in [2.24, 2.45) is 0 Å². The lowest BCUT2D eigenvalue weighted by Gasteiger charge is -2.26. The minimum absolute atomic E-state index is 0.862. The summed E-state index contributed by atoms with van der Waals surface area (Å²) in [5, 5.41) is 8.13. The van der Waals surface area contributed by atoms with E-state index in [1.807, 2.05) is 22.8 Å². The van der Waals surface area contributed by atoms with Gasteiger partial charge in [0.15, 0.2) is 5.65 Å². The van der Waals surface area contributed by atoms with Crippen LogP contribution in [0.15, 0.2) is 24.4 Å². The number of imidazole rings is 1. The number of fused-ring (bicyclic) bond motifs is 1. The molecular weight excluding hydrogens is 326 g/mol. The van der Waals surface area contributed by atoms with E-state index in [4.69, 9.17) is 9.84 Å². The minimum Gasteiger partial charge on any atom is -0.379 e. The summed E-state index contributed by atoms with van der Waals surface area (Å²) in [6, 6.07) is 4.03. The highest BCUT2D eigenvalue weighted by molar-refractivity contribution is 5.53. The Bertz CT molecular complexity index is 691. The summed E-state index contributed by atoms with van der Waals surface area (Å²) in [6.07, 6.45) is 12.2. The summed E-state index contributed by atoms with van der Waals surface area (Å²) >= 11 is 0. The van der Waals surface area contributed by atoms with Crippen molar-refractivity contribution >= 4 is 17.5 Å². The second-order valence-electron chi connectivity index (χ2n) is 6.80. The highest BCUT2D eigenvalue weighted by Gasteiger charge is 2.09. The Morgan fingerprint density at radius 1 is 1.19 bits per heavy atom. The summed E-state index contributed by atoms with van der Waals surface area (Å²) in [4.78, 5) is 6.89. The van der Waals surface area contributed by atoms with Gasteiger partial charge in [-0.15, -0.1) is 5.10 Å². The molecule has 1 saturated heterocycles. The van der Waals surface area contributed by atoms with Crippen LogP contribution in [0.3, 0.4) is 0 Å². The van der Waals surface area contributed by atoms with Gasteiger partial charge >= 0.3 is 0 Å². The van der Waals surface area contributed by atoms with E-state index in [9.17, 15) is 0 Å². The van der Waals surface area contributed by atoms with Crippen LogP contribution < -0.4 is 5.32 Å². The lowest BCUT2D eigenvalue weighted by molar-refractivity contribution is 0.0378. The van der Waals surface area contributed by atoms with Crippen molar-refractivity contribution in [3.8, 4) is 0 Å². The number of anilines is 1. The third-order valence-corrected chi connectivity index (χ3v) is 4.71. The van der Waals surface area contributed by atoms with Crippen LogP contribution in [0.25, 0.3) is 11.7 Å². The molecule has 3 rings (SSSR count).